The van der Waals surface area contributed by atoms with Gasteiger partial charge in [-0.25, -0.2) is 9.37 Å². The maximum Gasteiger partial charge on any atom is 0.224 e. The third-order valence-corrected chi connectivity index (χ3v) is 2.97. The zero-order chi connectivity index (χ0) is 15.1. The van der Waals surface area contributed by atoms with E-state index in [9.17, 15) is 9.50 Å². The summed E-state index contributed by atoms with van der Waals surface area (Å²) in [6, 6.07) is 9.40. The summed E-state index contributed by atoms with van der Waals surface area (Å²) in [6.45, 7) is 2.44. The molecule has 0 radical (unpaired) electrons. The van der Waals surface area contributed by atoms with Crippen LogP contribution in [-0.2, 0) is 6.42 Å². The van der Waals surface area contributed by atoms with Gasteiger partial charge in [-0.1, -0.05) is 30.3 Å². The van der Waals surface area contributed by atoms with Gasteiger partial charge in [-0.2, -0.15) is 4.98 Å². The fourth-order valence-corrected chi connectivity index (χ4v) is 1.96. The van der Waals surface area contributed by atoms with Gasteiger partial charge in [0.05, 0.1) is 18.8 Å². The van der Waals surface area contributed by atoms with E-state index in [-0.39, 0.29) is 18.5 Å². The van der Waals surface area contributed by atoms with E-state index in [0.29, 0.717) is 18.9 Å². The predicted octanol–water partition coefficient (Wildman–Crippen LogP) is 2.06. The molecular weight excluding hydrogens is 271 g/mol. The lowest BCUT2D eigenvalue weighted by Gasteiger charge is -2.17. The number of aliphatic hydroxyl groups excluding tert-OH is 1. The van der Waals surface area contributed by atoms with Crippen molar-refractivity contribution in [3.8, 4) is 0 Å². The number of anilines is 2. The molecule has 1 unspecified atom stereocenters. The van der Waals surface area contributed by atoms with Gasteiger partial charge in [-0.15, -0.1) is 0 Å². The van der Waals surface area contributed by atoms with Crippen LogP contribution in [0.5, 0.6) is 0 Å². The third kappa shape index (κ3) is 4.39. The summed E-state index contributed by atoms with van der Waals surface area (Å²) in [5.74, 6) is -0.0862. The van der Waals surface area contributed by atoms with Gasteiger partial charge >= 0.3 is 0 Å². The number of nitrogens with one attached hydrogen (secondary N) is 2. The SMILES string of the molecule is CCNc1ncc(F)c(NC(CO)Cc2ccccc2)n1. The Morgan fingerprint density at radius 1 is 1.29 bits per heavy atom. The molecule has 112 valence electrons. The molecule has 6 heteroatoms. The van der Waals surface area contributed by atoms with Gasteiger partial charge in [0.2, 0.25) is 5.95 Å². The quantitative estimate of drug-likeness (QED) is 0.728. The number of aromatic nitrogens is 2. The van der Waals surface area contributed by atoms with Crippen LogP contribution in [0, 0.1) is 5.82 Å². The van der Waals surface area contributed by atoms with Crippen LogP contribution in [0.2, 0.25) is 0 Å². The molecule has 0 aliphatic carbocycles. The second-order valence-electron chi connectivity index (χ2n) is 4.63. The number of nitrogens with zero attached hydrogens (tertiary/aromatic N) is 2. The second-order valence-corrected chi connectivity index (χ2v) is 4.63. The standard InChI is InChI=1S/C15H19FN4O/c1-2-17-15-18-9-13(16)14(20-15)19-12(10-21)8-11-6-4-3-5-7-11/h3-7,9,12,21H,2,8,10H2,1H3,(H2,17,18,19,20). The summed E-state index contributed by atoms with van der Waals surface area (Å²) in [5.41, 5.74) is 1.06. The molecule has 1 aromatic heterocycles. The highest BCUT2D eigenvalue weighted by Gasteiger charge is 2.13. The van der Waals surface area contributed by atoms with Crippen LogP contribution < -0.4 is 10.6 Å². The first kappa shape index (κ1) is 15.2. The molecule has 0 amide bonds. The third-order valence-electron chi connectivity index (χ3n) is 2.97. The molecule has 5 nitrogen and oxygen atoms in total. The van der Waals surface area contributed by atoms with Crippen LogP contribution in [-0.4, -0.2) is 34.3 Å². The van der Waals surface area contributed by atoms with Crippen LogP contribution in [0.1, 0.15) is 12.5 Å². The Morgan fingerprint density at radius 2 is 2.05 bits per heavy atom. The van der Waals surface area contributed by atoms with Crippen molar-refractivity contribution in [1.82, 2.24) is 9.97 Å². The number of rotatable bonds is 7. The largest absolute Gasteiger partial charge is 0.394 e. The van der Waals surface area contributed by atoms with Gasteiger partial charge < -0.3 is 15.7 Å². The van der Waals surface area contributed by atoms with Crippen molar-refractivity contribution in [2.24, 2.45) is 0 Å². The predicted molar refractivity (Wildman–Crippen MR) is 80.8 cm³/mol. The van der Waals surface area contributed by atoms with Crippen LogP contribution in [0.25, 0.3) is 0 Å². The summed E-state index contributed by atoms with van der Waals surface area (Å²) in [4.78, 5) is 7.92. The Balaban J connectivity index is 2.09. The first-order valence-corrected chi connectivity index (χ1v) is 6.90. The molecule has 1 aromatic carbocycles. The summed E-state index contributed by atoms with van der Waals surface area (Å²) >= 11 is 0. The molecular formula is C15H19FN4O. The number of benzene rings is 1. The Bertz CT molecular complexity index is 565. The van der Waals surface area contributed by atoms with E-state index >= 15 is 0 Å². The molecule has 0 spiro atoms. The molecule has 3 N–H and O–H groups in total. The highest BCUT2D eigenvalue weighted by molar-refractivity contribution is 5.42. The van der Waals surface area contributed by atoms with Crippen molar-refractivity contribution in [2.75, 3.05) is 23.8 Å². The van der Waals surface area contributed by atoms with Gasteiger partial charge in [0.25, 0.3) is 0 Å². The maximum atomic E-state index is 13.7. The summed E-state index contributed by atoms with van der Waals surface area (Å²) in [6.07, 6.45) is 1.70. The van der Waals surface area contributed by atoms with Crippen LogP contribution >= 0.6 is 0 Å². The van der Waals surface area contributed by atoms with E-state index in [1.165, 1.54) is 0 Å². The van der Waals surface area contributed by atoms with E-state index in [0.717, 1.165) is 11.8 Å². The minimum atomic E-state index is -0.539. The average molecular weight is 290 g/mol. The molecule has 1 heterocycles. The minimum Gasteiger partial charge on any atom is -0.394 e. The van der Waals surface area contributed by atoms with Crippen molar-refractivity contribution in [3.63, 3.8) is 0 Å². The van der Waals surface area contributed by atoms with Gasteiger partial charge in [-0.3, -0.25) is 0 Å². The Labute approximate surface area is 123 Å². The van der Waals surface area contributed by atoms with E-state index < -0.39 is 5.82 Å². The van der Waals surface area contributed by atoms with Gasteiger partial charge in [0, 0.05) is 6.54 Å². The van der Waals surface area contributed by atoms with Gasteiger partial charge in [0.15, 0.2) is 11.6 Å². The average Bonchev–Trinajstić information content (AvgIpc) is 2.51. The molecule has 0 saturated heterocycles. The molecule has 2 rings (SSSR count). The van der Waals surface area contributed by atoms with E-state index in [2.05, 4.69) is 20.6 Å². The van der Waals surface area contributed by atoms with Crippen molar-refractivity contribution in [3.05, 3.63) is 47.9 Å². The Kier molecular flexibility index (Phi) is 5.45. The summed E-state index contributed by atoms with van der Waals surface area (Å²) in [5, 5.41) is 15.3. The van der Waals surface area contributed by atoms with Crippen LogP contribution in [0.3, 0.4) is 0 Å². The highest BCUT2D eigenvalue weighted by Crippen LogP contribution is 2.14. The van der Waals surface area contributed by atoms with E-state index in [1.54, 1.807) is 0 Å². The van der Waals surface area contributed by atoms with Crippen LogP contribution in [0.15, 0.2) is 36.5 Å². The smallest absolute Gasteiger partial charge is 0.224 e. The molecule has 0 bridgehead atoms. The minimum absolute atomic E-state index is 0.0935. The molecule has 1 atom stereocenters. The van der Waals surface area contributed by atoms with Crippen molar-refractivity contribution < 1.29 is 9.50 Å². The molecule has 0 fully saturated rings. The topological polar surface area (TPSA) is 70.1 Å². The van der Waals surface area contributed by atoms with Crippen molar-refractivity contribution in [2.45, 2.75) is 19.4 Å². The number of hydrogen-bond donors (Lipinski definition) is 3. The van der Waals surface area contributed by atoms with E-state index in [4.69, 9.17) is 0 Å². The van der Waals surface area contributed by atoms with Crippen molar-refractivity contribution in [1.29, 1.82) is 0 Å². The molecule has 0 saturated carbocycles. The molecule has 2 aromatic rings. The fraction of sp³-hybridized carbons (Fsp3) is 0.333. The maximum absolute atomic E-state index is 13.7. The molecule has 0 aliphatic heterocycles. The first-order valence-electron chi connectivity index (χ1n) is 6.90. The summed E-state index contributed by atoms with van der Waals surface area (Å²) in [7, 11) is 0. The Morgan fingerprint density at radius 3 is 2.71 bits per heavy atom. The van der Waals surface area contributed by atoms with E-state index in [1.807, 2.05) is 37.3 Å². The number of halogens is 1. The molecule has 21 heavy (non-hydrogen) atoms. The summed E-state index contributed by atoms with van der Waals surface area (Å²) < 4.78 is 13.7. The fourth-order valence-electron chi connectivity index (χ4n) is 1.96. The Hall–Kier alpha value is -2.21. The zero-order valence-electron chi connectivity index (χ0n) is 11.9. The van der Waals surface area contributed by atoms with Crippen molar-refractivity contribution >= 4 is 11.8 Å². The zero-order valence-corrected chi connectivity index (χ0v) is 11.9. The van der Waals surface area contributed by atoms with Gasteiger partial charge in [0.1, 0.15) is 0 Å². The number of aliphatic hydroxyl groups is 1. The highest BCUT2D eigenvalue weighted by atomic mass is 19.1. The lowest BCUT2D eigenvalue weighted by Crippen LogP contribution is -2.27. The monoisotopic (exact) mass is 290 g/mol. The lowest BCUT2D eigenvalue weighted by molar-refractivity contribution is 0.273. The second kappa shape index (κ2) is 7.54. The molecule has 0 aliphatic rings. The normalized spacial score (nSPS) is 12.0. The lowest BCUT2D eigenvalue weighted by atomic mass is 10.1. The van der Waals surface area contributed by atoms with Gasteiger partial charge in [-0.05, 0) is 18.9 Å². The number of hydrogen-bond acceptors (Lipinski definition) is 5. The first-order chi connectivity index (χ1) is 10.2. The van der Waals surface area contributed by atoms with Crippen LogP contribution in [0.4, 0.5) is 16.2 Å².